The van der Waals surface area contributed by atoms with E-state index in [1.807, 2.05) is 26.0 Å². The van der Waals surface area contributed by atoms with E-state index >= 15 is 0 Å². The molecule has 7 nitrogen and oxygen atoms in total. The van der Waals surface area contributed by atoms with Crippen LogP contribution in [0.4, 0.5) is 5.13 Å². The van der Waals surface area contributed by atoms with Gasteiger partial charge in [0, 0.05) is 5.56 Å². The fourth-order valence-corrected chi connectivity index (χ4v) is 5.98. The zero-order valence-corrected chi connectivity index (χ0v) is 23.2. The highest BCUT2D eigenvalue weighted by molar-refractivity contribution is 7.22. The van der Waals surface area contributed by atoms with Gasteiger partial charge in [-0.1, -0.05) is 55.0 Å². The molecule has 39 heavy (non-hydrogen) atoms. The molecule has 8 heteroatoms. The first-order chi connectivity index (χ1) is 18.8. The number of hydrogen-bond acceptors (Lipinski definition) is 7. The second kappa shape index (κ2) is 10.9. The molecule has 0 radical (unpaired) electrons. The summed E-state index contributed by atoms with van der Waals surface area (Å²) in [7, 11) is 1.57. The fourth-order valence-electron chi connectivity index (χ4n) is 4.82. The van der Waals surface area contributed by atoms with Crippen LogP contribution in [0.3, 0.4) is 0 Å². The molecule has 1 amide bonds. The van der Waals surface area contributed by atoms with Gasteiger partial charge >= 0.3 is 5.91 Å². The molecule has 0 saturated carbocycles. The van der Waals surface area contributed by atoms with Crippen LogP contribution in [0.15, 0.2) is 66.2 Å². The Balaban J connectivity index is 1.66. The fraction of sp³-hybridized carbons (Fsp3) is 0.258. The van der Waals surface area contributed by atoms with Gasteiger partial charge in [0.15, 0.2) is 5.13 Å². The molecule has 1 saturated heterocycles. The number of Topliss-reactive ketones (excluding diaryl/α,β-unsaturated/α-hetero) is 1. The maximum atomic E-state index is 13.6. The molecule has 4 aromatic rings. The summed E-state index contributed by atoms with van der Waals surface area (Å²) in [6.45, 7) is 6.62. The molecule has 1 aromatic heterocycles. The van der Waals surface area contributed by atoms with Crippen LogP contribution in [-0.4, -0.2) is 35.5 Å². The number of aryl methyl sites for hydroxylation is 2. The summed E-state index contributed by atoms with van der Waals surface area (Å²) in [5.41, 5.74) is 3.92. The van der Waals surface area contributed by atoms with Gasteiger partial charge in [-0.3, -0.25) is 14.5 Å². The summed E-state index contributed by atoms with van der Waals surface area (Å²) < 4.78 is 12.1. The maximum Gasteiger partial charge on any atom is 0.301 e. The number of thiazole rings is 1. The highest BCUT2D eigenvalue weighted by atomic mass is 32.1. The third-order valence-electron chi connectivity index (χ3n) is 6.77. The number of benzene rings is 3. The second-order valence-electron chi connectivity index (χ2n) is 9.60. The number of ether oxygens (including phenoxy) is 2. The lowest BCUT2D eigenvalue weighted by Gasteiger charge is -2.23. The van der Waals surface area contributed by atoms with Crippen LogP contribution in [0.2, 0.25) is 0 Å². The molecule has 1 atom stereocenters. The van der Waals surface area contributed by atoms with E-state index in [1.54, 1.807) is 55.6 Å². The van der Waals surface area contributed by atoms with Crippen molar-refractivity contribution in [2.45, 2.75) is 39.7 Å². The number of hydrogen-bond donors (Lipinski definition) is 1. The number of methoxy groups -OCH3 is 1. The van der Waals surface area contributed by atoms with E-state index in [-0.39, 0.29) is 11.3 Å². The molecule has 3 aromatic carbocycles. The molecule has 2 heterocycles. The smallest absolute Gasteiger partial charge is 0.301 e. The predicted octanol–water partition coefficient (Wildman–Crippen LogP) is 6.73. The molecule has 1 unspecified atom stereocenters. The molecule has 5 rings (SSSR count). The van der Waals surface area contributed by atoms with Crippen LogP contribution in [0.1, 0.15) is 48.1 Å². The zero-order valence-electron chi connectivity index (χ0n) is 22.4. The van der Waals surface area contributed by atoms with Crippen molar-refractivity contribution < 1.29 is 24.2 Å². The van der Waals surface area contributed by atoms with Crippen molar-refractivity contribution >= 4 is 44.1 Å². The summed E-state index contributed by atoms with van der Waals surface area (Å²) in [5.74, 6) is -0.539. The van der Waals surface area contributed by atoms with Gasteiger partial charge in [-0.15, -0.1) is 0 Å². The lowest BCUT2D eigenvalue weighted by Crippen LogP contribution is -2.29. The van der Waals surface area contributed by atoms with Crippen LogP contribution in [0.25, 0.3) is 16.0 Å². The van der Waals surface area contributed by atoms with Crippen molar-refractivity contribution in [3.63, 3.8) is 0 Å². The molecular weight excluding hydrogens is 512 g/mol. The number of fused-ring (bicyclic) bond motifs is 1. The SMILES string of the molecule is CCCCOc1cccc(/C(O)=C2\C(=O)C(=O)N(c3nc4c(C)cc(C)cc4s3)C2c2ccc(OC)cc2)c1. The number of ketones is 1. The van der Waals surface area contributed by atoms with Crippen molar-refractivity contribution in [2.24, 2.45) is 0 Å². The lowest BCUT2D eigenvalue weighted by molar-refractivity contribution is -0.132. The number of carbonyl (C=O) groups excluding carboxylic acids is 2. The van der Waals surface area contributed by atoms with Gasteiger partial charge in [-0.25, -0.2) is 4.98 Å². The Morgan fingerprint density at radius 2 is 1.82 bits per heavy atom. The van der Waals surface area contributed by atoms with Gasteiger partial charge in [0.1, 0.15) is 17.3 Å². The minimum atomic E-state index is -0.873. The third-order valence-corrected chi connectivity index (χ3v) is 7.78. The third kappa shape index (κ3) is 5.00. The highest BCUT2D eigenvalue weighted by Gasteiger charge is 2.48. The van der Waals surface area contributed by atoms with Gasteiger partial charge in [0.05, 0.1) is 35.5 Å². The van der Waals surface area contributed by atoms with Crippen molar-refractivity contribution in [1.82, 2.24) is 4.98 Å². The van der Waals surface area contributed by atoms with Gasteiger partial charge < -0.3 is 14.6 Å². The molecule has 1 aliphatic rings. The number of nitrogens with zero attached hydrogens (tertiary/aromatic N) is 2. The average Bonchev–Trinajstić information content (AvgIpc) is 3.47. The Kier molecular flexibility index (Phi) is 7.39. The quantitative estimate of drug-likeness (QED) is 0.115. The number of aliphatic hydroxyl groups excluding tert-OH is 1. The van der Waals surface area contributed by atoms with E-state index in [9.17, 15) is 14.7 Å². The minimum absolute atomic E-state index is 0.00281. The molecule has 0 aliphatic carbocycles. The van der Waals surface area contributed by atoms with E-state index in [0.29, 0.717) is 34.4 Å². The van der Waals surface area contributed by atoms with E-state index in [2.05, 4.69) is 6.92 Å². The Morgan fingerprint density at radius 1 is 1.05 bits per heavy atom. The van der Waals surface area contributed by atoms with E-state index in [4.69, 9.17) is 14.5 Å². The Hall–Kier alpha value is -4.17. The maximum absolute atomic E-state index is 13.6. The van der Waals surface area contributed by atoms with Crippen molar-refractivity contribution in [1.29, 1.82) is 0 Å². The monoisotopic (exact) mass is 542 g/mol. The molecule has 0 spiro atoms. The summed E-state index contributed by atoms with van der Waals surface area (Å²) in [6.07, 6.45) is 1.90. The van der Waals surface area contributed by atoms with E-state index in [1.165, 1.54) is 16.2 Å². The molecule has 200 valence electrons. The number of aromatic nitrogens is 1. The van der Waals surface area contributed by atoms with Gasteiger partial charge in [-0.2, -0.15) is 0 Å². The largest absolute Gasteiger partial charge is 0.507 e. The van der Waals surface area contributed by atoms with Crippen molar-refractivity contribution in [2.75, 3.05) is 18.6 Å². The normalized spacial score (nSPS) is 16.7. The number of carbonyl (C=O) groups is 2. The first kappa shape index (κ1) is 26.4. The van der Waals surface area contributed by atoms with Gasteiger partial charge in [0.25, 0.3) is 5.78 Å². The summed E-state index contributed by atoms with van der Waals surface area (Å²) in [6, 6.07) is 17.3. The number of amides is 1. The highest BCUT2D eigenvalue weighted by Crippen LogP contribution is 2.45. The van der Waals surface area contributed by atoms with E-state index < -0.39 is 17.7 Å². The van der Waals surface area contributed by atoms with Crippen LogP contribution in [0.5, 0.6) is 11.5 Å². The Bertz CT molecular complexity index is 1590. The van der Waals surface area contributed by atoms with Crippen LogP contribution >= 0.6 is 11.3 Å². The van der Waals surface area contributed by atoms with Gasteiger partial charge in [-0.05, 0) is 67.3 Å². The Labute approximate surface area is 231 Å². The topological polar surface area (TPSA) is 89.0 Å². The lowest BCUT2D eigenvalue weighted by atomic mass is 9.95. The number of rotatable bonds is 8. The molecule has 1 fully saturated rings. The van der Waals surface area contributed by atoms with Crippen LogP contribution in [-0.2, 0) is 9.59 Å². The van der Waals surface area contributed by atoms with Crippen LogP contribution in [0, 0.1) is 13.8 Å². The molecular formula is C31H30N2O5S. The predicted molar refractivity (Wildman–Crippen MR) is 154 cm³/mol. The van der Waals surface area contributed by atoms with Gasteiger partial charge in [0.2, 0.25) is 0 Å². The number of aliphatic hydroxyl groups is 1. The standard InChI is InChI=1S/C31H30N2O5S/c1-5-6-14-38-23-9-7-8-21(17-23)28(34)25-27(20-10-12-22(37-4)13-11-20)33(30(36)29(25)35)31-32-26-19(3)15-18(2)16-24(26)39-31/h7-13,15-17,27,34H,5-6,14H2,1-4H3/b28-25+. The molecule has 0 bridgehead atoms. The first-order valence-electron chi connectivity index (χ1n) is 12.9. The Morgan fingerprint density at radius 3 is 2.54 bits per heavy atom. The minimum Gasteiger partial charge on any atom is -0.507 e. The average molecular weight is 543 g/mol. The summed E-state index contributed by atoms with van der Waals surface area (Å²) in [5, 5.41) is 11.9. The van der Waals surface area contributed by atoms with Crippen molar-refractivity contribution in [3.05, 3.63) is 88.5 Å². The van der Waals surface area contributed by atoms with E-state index in [0.717, 1.165) is 34.2 Å². The molecule has 1 aliphatic heterocycles. The second-order valence-corrected chi connectivity index (χ2v) is 10.6. The van der Waals surface area contributed by atoms with Crippen LogP contribution < -0.4 is 14.4 Å². The summed E-state index contributed by atoms with van der Waals surface area (Å²) in [4.78, 5) is 33.3. The van der Waals surface area contributed by atoms with Crippen molar-refractivity contribution in [3.8, 4) is 11.5 Å². The first-order valence-corrected chi connectivity index (χ1v) is 13.7. The molecule has 1 N–H and O–H groups in total. The number of unbranched alkanes of at least 4 members (excludes halogenated alkanes) is 1. The summed E-state index contributed by atoms with van der Waals surface area (Å²) >= 11 is 1.35. The number of anilines is 1. The zero-order chi connectivity index (χ0) is 27.7.